The van der Waals surface area contributed by atoms with E-state index in [1.807, 2.05) is 32.9 Å². The number of carbonyl (C=O) groups excluding carboxylic acids is 5. The predicted octanol–water partition coefficient (Wildman–Crippen LogP) is 4.18. The number of hydrogen-bond acceptors (Lipinski definition) is 11. The Morgan fingerprint density at radius 3 is 2.64 bits per heavy atom. The van der Waals surface area contributed by atoms with Gasteiger partial charge in [0.2, 0.25) is 17.7 Å². The third-order valence-electron chi connectivity index (χ3n) is 12.8. The molecule has 0 spiro atoms. The lowest BCUT2D eigenvalue weighted by atomic mass is 9.84. The van der Waals surface area contributed by atoms with Gasteiger partial charge < -0.3 is 29.2 Å². The van der Waals surface area contributed by atoms with E-state index in [9.17, 15) is 24.0 Å². The molecule has 6 bridgehead atoms. The van der Waals surface area contributed by atoms with Crippen LogP contribution in [0.5, 0.6) is 0 Å². The molecule has 0 aliphatic carbocycles. The number of methoxy groups -OCH3 is 1. The summed E-state index contributed by atoms with van der Waals surface area (Å²) in [4.78, 5) is 76.7. The number of aromatic nitrogens is 5. The number of esters is 1. The molecule has 1 aromatic carbocycles. The molecule has 3 aromatic heterocycles. The Labute approximate surface area is 374 Å². The molecule has 17 nitrogen and oxygen atoms in total. The van der Waals surface area contributed by atoms with Crippen LogP contribution in [0.15, 0.2) is 55.4 Å². The Morgan fingerprint density at radius 2 is 1.92 bits per heavy atom. The molecule has 64 heavy (non-hydrogen) atoms. The maximum Gasteiger partial charge on any atom is 0.324 e. The average Bonchev–Trinajstić information content (AvgIpc) is 4.05. The maximum absolute atomic E-state index is 14.6. The lowest BCUT2D eigenvalue weighted by Crippen LogP contribution is -2.62. The van der Waals surface area contributed by atoms with Gasteiger partial charge >= 0.3 is 5.97 Å². The second kappa shape index (κ2) is 19.0. The molecule has 2 N–H and O–H groups in total. The van der Waals surface area contributed by atoms with Gasteiger partial charge in [0.05, 0.1) is 47.6 Å². The number of amides is 4. The third kappa shape index (κ3) is 9.32. The number of likely N-dealkylation sites (tertiary alicyclic amines) is 1. The highest BCUT2D eigenvalue weighted by Gasteiger charge is 2.40. The summed E-state index contributed by atoms with van der Waals surface area (Å²) in [6, 6.07) is 7.26. The highest BCUT2D eigenvalue weighted by atomic mass is 16.5. The lowest BCUT2D eigenvalue weighted by Gasteiger charge is -2.36. The van der Waals surface area contributed by atoms with Gasteiger partial charge in [-0.2, -0.15) is 0 Å². The summed E-state index contributed by atoms with van der Waals surface area (Å²) in [6.45, 7) is 17.2. The zero-order chi connectivity index (χ0) is 46.0. The Balaban J connectivity index is 1.27. The first-order valence-corrected chi connectivity index (χ1v) is 22.3. The molecule has 2 fully saturated rings. The first kappa shape index (κ1) is 46.1. The standard InChI is InChI=1S/C47H62N10O7/c1-10-39(58)54-21-18-30(25-54)44(60)53(8)41(28(3)4)43(59)49-37-22-31-26-57(52-50-31)32-16-17-38-34(23-32)35(42(55(38)11-2)33-14-12-19-48-40(33)29(5)63-9)24-47(6,7)27-64-46(62)36-15-13-20-56(51-36)45(37)61/h10,12,14,16-17,19,23,26,28-30,36-37,41,51H,1,11,13,15,18,20-22,24-25,27H2,2-9H3,(H,49,59)/t29-,30-,36-,37-,41-/m0/s1. The molecule has 6 heterocycles. The summed E-state index contributed by atoms with van der Waals surface area (Å²) in [5.74, 6) is -2.78. The van der Waals surface area contributed by atoms with E-state index in [2.05, 4.69) is 71.2 Å². The van der Waals surface area contributed by atoms with Gasteiger partial charge in [-0.05, 0) is 87.4 Å². The number of fused-ring (bicyclic) bond motifs is 6. The van der Waals surface area contributed by atoms with E-state index in [0.29, 0.717) is 51.0 Å². The summed E-state index contributed by atoms with van der Waals surface area (Å²) >= 11 is 0. The van der Waals surface area contributed by atoms with Crippen molar-refractivity contribution >= 4 is 40.5 Å². The number of nitrogens with one attached hydrogen (secondary N) is 2. The first-order chi connectivity index (χ1) is 30.5. The monoisotopic (exact) mass is 878 g/mol. The van der Waals surface area contributed by atoms with Gasteiger partial charge in [0, 0.05) is 74.8 Å². The SMILES string of the molecule is C=CC(=O)N1CC[C@H](C(=O)N(C)[C@H](C(=O)N[C@H]2Cc3cn(nn3)-c3ccc4c(c3)c(c(-c3cccnc3[C@H](C)OC)n4CC)CC(C)(C)COC(=O)[C@@H]3CCCN(N3)C2=O)C(C)C)C1. The lowest BCUT2D eigenvalue weighted by molar-refractivity contribution is -0.155. The van der Waals surface area contributed by atoms with Crippen LogP contribution >= 0.6 is 0 Å². The largest absolute Gasteiger partial charge is 0.464 e. The van der Waals surface area contributed by atoms with Crippen molar-refractivity contribution in [2.45, 2.75) is 104 Å². The van der Waals surface area contributed by atoms with E-state index in [4.69, 9.17) is 14.5 Å². The van der Waals surface area contributed by atoms with Crippen molar-refractivity contribution in [2.75, 3.05) is 40.4 Å². The van der Waals surface area contributed by atoms with Gasteiger partial charge in [-0.25, -0.2) is 10.1 Å². The van der Waals surface area contributed by atoms with Crippen molar-refractivity contribution in [3.63, 3.8) is 0 Å². The minimum absolute atomic E-state index is 0.0267. The van der Waals surface area contributed by atoms with Crippen molar-refractivity contribution < 1.29 is 33.4 Å². The summed E-state index contributed by atoms with van der Waals surface area (Å²) in [6.07, 6.45) is 6.45. The first-order valence-electron chi connectivity index (χ1n) is 22.3. The zero-order valence-electron chi connectivity index (χ0n) is 38.3. The number of likely N-dealkylation sites (N-methyl/N-ethyl adjacent to an activating group) is 1. The van der Waals surface area contributed by atoms with Crippen LogP contribution in [-0.2, 0) is 52.8 Å². The summed E-state index contributed by atoms with van der Waals surface area (Å²) in [7, 11) is 3.26. The average molecular weight is 879 g/mol. The van der Waals surface area contributed by atoms with Crippen LogP contribution in [0.2, 0.25) is 0 Å². The second-order valence-corrected chi connectivity index (χ2v) is 18.4. The van der Waals surface area contributed by atoms with E-state index in [1.165, 1.54) is 16.0 Å². The number of hydrazine groups is 1. The quantitative estimate of drug-likeness (QED) is 0.172. The van der Waals surface area contributed by atoms with Crippen molar-refractivity contribution in [1.29, 1.82) is 0 Å². The Kier molecular flexibility index (Phi) is 13.7. The number of cyclic esters (lactones) is 1. The molecule has 0 radical (unpaired) electrons. The molecule has 17 heteroatoms. The number of carbonyl (C=O) groups is 5. The smallest absolute Gasteiger partial charge is 0.324 e. The molecular weight excluding hydrogens is 817 g/mol. The van der Waals surface area contributed by atoms with Gasteiger partial charge in [0.15, 0.2) is 0 Å². The fraction of sp³-hybridized carbons (Fsp3) is 0.532. The molecule has 342 valence electrons. The Morgan fingerprint density at radius 1 is 1.14 bits per heavy atom. The van der Waals surface area contributed by atoms with Crippen LogP contribution in [0.1, 0.15) is 83.9 Å². The fourth-order valence-corrected chi connectivity index (χ4v) is 9.45. The molecule has 4 aromatic rings. The van der Waals surface area contributed by atoms with Crippen molar-refractivity contribution in [2.24, 2.45) is 17.3 Å². The van der Waals surface area contributed by atoms with Crippen LogP contribution in [0.25, 0.3) is 27.8 Å². The van der Waals surface area contributed by atoms with Crippen molar-refractivity contribution in [3.05, 3.63) is 72.3 Å². The second-order valence-electron chi connectivity index (χ2n) is 18.4. The van der Waals surface area contributed by atoms with Gasteiger partial charge in [-0.1, -0.05) is 39.5 Å². The molecular formula is C47H62N10O7. The van der Waals surface area contributed by atoms with Crippen molar-refractivity contribution in [3.8, 4) is 16.9 Å². The van der Waals surface area contributed by atoms with Gasteiger partial charge in [0.1, 0.15) is 18.1 Å². The molecule has 3 aliphatic rings. The summed E-state index contributed by atoms with van der Waals surface area (Å²) in [5, 5.41) is 14.4. The van der Waals surface area contributed by atoms with Crippen LogP contribution < -0.4 is 10.7 Å². The van der Waals surface area contributed by atoms with Gasteiger partial charge in [0.25, 0.3) is 5.91 Å². The Bertz CT molecular complexity index is 2420. The highest BCUT2D eigenvalue weighted by Crippen LogP contribution is 2.41. The van der Waals surface area contributed by atoms with Crippen LogP contribution in [-0.4, -0.2) is 127 Å². The van der Waals surface area contributed by atoms with Crippen molar-refractivity contribution in [1.82, 2.24) is 50.1 Å². The van der Waals surface area contributed by atoms with Crippen LogP contribution in [0, 0.1) is 17.3 Å². The van der Waals surface area contributed by atoms with E-state index in [-0.39, 0.29) is 43.4 Å². The van der Waals surface area contributed by atoms with E-state index < -0.39 is 47.2 Å². The minimum Gasteiger partial charge on any atom is -0.464 e. The van der Waals surface area contributed by atoms with Gasteiger partial charge in [-0.15, -0.1) is 5.10 Å². The van der Waals surface area contributed by atoms with E-state index >= 15 is 0 Å². The molecule has 5 atom stereocenters. The number of hydrogen-bond donors (Lipinski definition) is 2. The normalized spacial score (nSPS) is 21.3. The molecule has 0 saturated carbocycles. The fourth-order valence-electron chi connectivity index (χ4n) is 9.45. The zero-order valence-corrected chi connectivity index (χ0v) is 38.3. The highest BCUT2D eigenvalue weighted by molar-refractivity contribution is 5.95. The Hall–Kier alpha value is -5.94. The molecule has 2 saturated heterocycles. The number of nitrogens with zero attached hydrogens (tertiary/aromatic N) is 8. The summed E-state index contributed by atoms with van der Waals surface area (Å²) < 4.78 is 15.8. The third-order valence-corrected chi connectivity index (χ3v) is 12.8. The number of benzene rings is 1. The van der Waals surface area contributed by atoms with Gasteiger partial charge in [-0.3, -0.25) is 34.0 Å². The topological polar surface area (TPSA) is 186 Å². The molecule has 3 aliphatic heterocycles. The predicted molar refractivity (Wildman–Crippen MR) is 239 cm³/mol. The molecule has 0 unspecified atom stereocenters. The molecule has 7 rings (SSSR count). The number of ether oxygens (including phenoxy) is 2. The number of aryl methyl sites for hydroxylation is 1. The number of rotatable bonds is 10. The van der Waals surface area contributed by atoms with E-state index in [1.54, 1.807) is 36.1 Å². The van der Waals surface area contributed by atoms with Crippen LogP contribution in [0.4, 0.5) is 0 Å². The van der Waals surface area contributed by atoms with Crippen LogP contribution in [0.3, 0.4) is 0 Å². The summed E-state index contributed by atoms with van der Waals surface area (Å²) in [5.41, 5.74) is 8.61. The maximum atomic E-state index is 14.6. The van der Waals surface area contributed by atoms with E-state index in [0.717, 1.165) is 39.1 Å². The number of pyridine rings is 1. The minimum atomic E-state index is -1.15. The molecule has 4 amide bonds.